The molecule has 3 heteroatoms. The predicted molar refractivity (Wildman–Crippen MR) is 98.7 cm³/mol. The number of rotatable bonds is 3. The first-order chi connectivity index (χ1) is 11.0. The molecule has 0 saturated heterocycles. The molecule has 23 heavy (non-hydrogen) atoms. The summed E-state index contributed by atoms with van der Waals surface area (Å²) in [7, 11) is 0. The number of aromatic nitrogens is 1. The van der Waals surface area contributed by atoms with E-state index in [0.717, 1.165) is 16.3 Å². The quantitative estimate of drug-likeness (QED) is 0.542. The third kappa shape index (κ3) is 3.38. The molecule has 0 aliphatic heterocycles. The van der Waals surface area contributed by atoms with E-state index in [1.807, 2.05) is 30.5 Å². The Labute approximate surface area is 142 Å². The fraction of sp³-hybridized carbons (Fsp3) is 0.150. The molecule has 0 fully saturated rings. The van der Waals surface area contributed by atoms with Crippen LogP contribution in [0.3, 0.4) is 0 Å². The van der Waals surface area contributed by atoms with Crippen molar-refractivity contribution in [3.8, 4) is 5.69 Å². The molecule has 2 nitrogen and oxygen atoms in total. The van der Waals surface area contributed by atoms with Crippen LogP contribution >= 0.6 is 11.6 Å². The minimum Gasteiger partial charge on any atom is -0.318 e. The lowest BCUT2D eigenvalue weighted by Crippen LogP contribution is -1.99. The van der Waals surface area contributed by atoms with Gasteiger partial charge in [0.2, 0.25) is 0 Å². The van der Waals surface area contributed by atoms with Crippen LogP contribution in [0.5, 0.6) is 0 Å². The Bertz CT molecular complexity index is 841. The van der Waals surface area contributed by atoms with Crippen molar-refractivity contribution in [2.75, 3.05) is 0 Å². The zero-order valence-electron chi connectivity index (χ0n) is 13.5. The van der Waals surface area contributed by atoms with Crippen molar-refractivity contribution >= 4 is 23.5 Å². The third-order valence-electron chi connectivity index (χ3n) is 3.94. The number of halogens is 1. The van der Waals surface area contributed by atoms with Gasteiger partial charge in [-0.2, -0.15) is 0 Å². The molecule has 0 amide bonds. The molecule has 0 aliphatic carbocycles. The van der Waals surface area contributed by atoms with Crippen molar-refractivity contribution in [3.63, 3.8) is 0 Å². The first-order valence-electron chi connectivity index (χ1n) is 7.60. The lowest BCUT2D eigenvalue weighted by molar-refractivity contribution is 0.964. The summed E-state index contributed by atoms with van der Waals surface area (Å²) in [5, 5.41) is 0.724. The highest BCUT2D eigenvalue weighted by atomic mass is 35.5. The number of aliphatic imine (C=N–C) groups is 1. The maximum atomic E-state index is 5.90. The van der Waals surface area contributed by atoms with Crippen LogP contribution in [0.25, 0.3) is 5.69 Å². The van der Waals surface area contributed by atoms with Crippen molar-refractivity contribution in [1.29, 1.82) is 0 Å². The van der Waals surface area contributed by atoms with Gasteiger partial charge >= 0.3 is 0 Å². The molecule has 0 atom stereocenters. The Morgan fingerprint density at radius 1 is 0.913 bits per heavy atom. The van der Waals surface area contributed by atoms with Crippen LogP contribution in [0.4, 0.5) is 5.69 Å². The minimum atomic E-state index is 0.724. The second-order valence-electron chi connectivity index (χ2n) is 5.73. The van der Waals surface area contributed by atoms with E-state index in [-0.39, 0.29) is 0 Å². The van der Waals surface area contributed by atoms with Gasteiger partial charge in [-0.1, -0.05) is 29.3 Å². The summed E-state index contributed by atoms with van der Waals surface area (Å²) in [4.78, 5) is 4.54. The molecule has 0 bridgehead atoms. The van der Waals surface area contributed by atoms with Crippen molar-refractivity contribution in [2.24, 2.45) is 4.99 Å². The zero-order valence-corrected chi connectivity index (χ0v) is 14.3. The SMILES string of the molecule is Cc1ccc(-n2c(C)cc(C=Nc3ccc(Cl)cc3)c2C)cc1. The van der Waals surface area contributed by atoms with E-state index in [1.54, 1.807) is 0 Å². The largest absolute Gasteiger partial charge is 0.318 e. The lowest BCUT2D eigenvalue weighted by Gasteiger charge is -2.09. The summed E-state index contributed by atoms with van der Waals surface area (Å²) >= 11 is 5.90. The average Bonchev–Trinajstić information content (AvgIpc) is 2.82. The van der Waals surface area contributed by atoms with Crippen LogP contribution in [0.15, 0.2) is 59.6 Å². The van der Waals surface area contributed by atoms with E-state index in [2.05, 4.69) is 60.7 Å². The van der Waals surface area contributed by atoms with Gasteiger partial charge in [0.15, 0.2) is 0 Å². The molecule has 0 N–H and O–H groups in total. The van der Waals surface area contributed by atoms with Gasteiger partial charge in [-0.05, 0) is 63.2 Å². The van der Waals surface area contributed by atoms with Gasteiger partial charge in [0, 0.05) is 33.9 Å². The first-order valence-corrected chi connectivity index (χ1v) is 7.98. The number of hydrogen-bond acceptors (Lipinski definition) is 1. The van der Waals surface area contributed by atoms with Gasteiger partial charge in [-0.3, -0.25) is 4.99 Å². The molecule has 2 aromatic carbocycles. The summed E-state index contributed by atoms with van der Waals surface area (Å²) in [6.07, 6.45) is 1.91. The summed E-state index contributed by atoms with van der Waals surface area (Å²) in [6, 6.07) is 18.3. The van der Waals surface area contributed by atoms with E-state index in [9.17, 15) is 0 Å². The number of nitrogens with zero attached hydrogens (tertiary/aromatic N) is 2. The topological polar surface area (TPSA) is 17.3 Å². The van der Waals surface area contributed by atoms with Gasteiger partial charge in [0.1, 0.15) is 0 Å². The molecule has 0 radical (unpaired) electrons. The van der Waals surface area contributed by atoms with Crippen LogP contribution in [0.2, 0.25) is 5.02 Å². The molecule has 0 spiro atoms. The maximum Gasteiger partial charge on any atom is 0.0630 e. The molecule has 0 aliphatic rings. The van der Waals surface area contributed by atoms with Crippen LogP contribution < -0.4 is 0 Å². The highest BCUT2D eigenvalue weighted by molar-refractivity contribution is 6.30. The van der Waals surface area contributed by atoms with Crippen LogP contribution in [-0.4, -0.2) is 10.8 Å². The predicted octanol–water partition coefficient (Wildman–Crippen LogP) is 5.81. The molecular weight excluding hydrogens is 304 g/mol. The van der Waals surface area contributed by atoms with E-state index < -0.39 is 0 Å². The van der Waals surface area contributed by atoms with Gasteiger partial charge in [0.25, 0.3) is 0 Å². The number of aryl methyl sites for hydroxylation is 2. The first kappa shape index (κ1) is 15.6. The van der Waals surface area contributed by atoms with Gasteiger partial charge in [0.05, 0.1) is 5.69 Å². The Balaban J connectivity index is 1.94. The van der Waals surface area contributed by atoms with E-state index in [0.29, 0.717) is 0 Å². The van der Waals surface area contributed by atoms with Crippen molar-refractivity contribution in [1.82, 2.24) is 4.57 Å². The van der Waals surface area contributed by atoms with E-state index in [4.69, 9.17) is 11.6 Å². The van der Waals surface area contributed by atoms with Crippen LogP contribution in [-0.2, 0) is 0 Å². The summed E-state index contributed by atoms with van der Waals surface area (Å²) < 4.78 is 2.25. The molecule has 3 rings (SSSR count). The molecule has 0 saturated carbocycles. The van der Waals surface area contributed by atoms with Gasteiger partial charge in [-0.15, -0.1) is 0 Å². The Kier molecular flexibility index (Phi) is 4.35. The maximum absolute atomic E-state index is 5.90. The van der Waals surface area contributed by atoms with Gasteiger partial charge < -0.3 is 4.57 Å². The average molecular weight is 323 g/mol. The zero-order chi connectivity index (χ0) is 16.4. The van der Waals surface area contributed by atoms with Gasteiger partial charge in [-0.25, -0.2) is 0 Å². The van der Waals surface area contributed by atoms with E-state index >= 15 is 0 Å². The molecular formula is C20H19ClN2. The fourth-order valence-electron chi connectivity index (χ4n) is 2.68. The summed E-state index contributed by atoms with van der Waals surface area (Å²) in [5.41, 5.74) is 6.85. The molecule has 116 valence electrons. The van der Waals surface area contributed by atoms with Crippen LogP contribution in [0, 0.1) is 20.8 Å². The minimum absolute atomic E-state index is 0.724. The van der Waals surface area contributed by atoms with Crippen molar-refractivity contribution < 1.29 is 0 Å². The number of hydrogen-bond donors (Lipinski definition) is 0. The number of benzene rings is 2. The Hall–Kier alpha value is -2.32. The second-order valence-corrected chi connectivity index (χ2v) is 6.17. The van der Waals surface area contributed by atoms with Crippen molar-refractivity contribution in [2.45, 2.75) is 20.8 Å². The monoisotopic (exact) mass is 322 g/mol. The highest BCUT2D eigenvalue weighted by Crippen LogP contribution is 2.21. The smallest absolute Gasteiger partial charge is 0.0630 e. The Morgan fingerprint density at radius 3 is 2.22 bits per heavy atom. The fourth-order valence-corrected chi connectivity index (χ4v) is 2.81. The highest BCUT2D eigenvalue weighted by Gasteiger charge is 2.09. The molecule has 0 unspecified atom stereocenters. The molecule has 1 aromatic heterocycles. The molecule has 1 heterocycles. The van der Waals surface area contributed by atoms with E-state index in [1.165, 1.54) is 22.6 Å². The van der Waals surface area contributed by atoms with Crippen molar-refractivity contribution in [3.05, 3.63) is 82.1 Å². The lowest BCUT2D eigenvalue weighted by atomic mass is 10.2. The normalized spacial score (nSPS) is 11.3. The Morgan fingerprint density at radius 2 is 1.57 bits per heavy atom. The van der Waals surface area contributed by atoms with Crippen LogP contribution in [0.1, 0.15) is 22.5 Å². The summed E-state index contributed by atoms with van der Waals surface area (Å²) in [6.45, 7) is 6.34. The second kappa shape index (κ2) is 6.43. The third-order valence-corrected chi connectivity index (χ3v) is 4.19. The summed E-state index contributed by atoms with van der Waals surface area (Å²) in [5.74, 6) is 0. The standard InChI is InChI=1S/C20H19ClN2/c1-14-4-10-20(11-5-14)23-15(2)12-17(16(23)3)13-22-19-8-6-18(21)7-9-19/h4-13H,1-3H3. The molecule has 3 aromatic rings.